The van der Waals surface area contributed by atoms with Gasteiger partial charge < -0.3 is 5.32 Å². The Labute approximate surface area is 123 Å². The number of amides is 1. The fraction of sp³-hybridized carbons (Fsp3) is 0.375. The van der Waals surface area contributed by atoms with Crippen LogP contribution >= 0.6 is 11.3 Å². The van der Waals surface area contributed by atoms with Crippen LogP contribution in [0.25, 0.3) is 0 Å². The first-order valence-electron chi connectivity index (χ1n) is 6.93. The van der Waals surface area contributed by atoms with Gasteiger partial charge in [-0.1, -0.05) is 24.3 Å². The highest BCUT2D eigenvalue weighted by Gasteiger charge is 2.27. The third-order valence-electron chi connectivity index (χ3n) is 3.87. The maximum absolute atomic E-state index is 12.4. The van der Waals surface area contributed by atoms with Gasteiger partial charge in [0.05, 0.1) is 23.2 Å². The Morgan fingerprint density at radius 2 is 2.20 bits per heavy atom. The van der Waals surface area contributed by atoms with Crippen LogP contribution < -0.4 is 5.32 Å². The van der Waals surface area contributed by atoms with Gasteiger partial charge in [-0.15, -0.1) is 11.3 Å². The normalized spacial score (nSPS) is 17.0. The molecule has 20 heavy (non-hydrogen) atoms. The minimum Gasteiger partial charge on any atom is -0.351 e. The van der Waals surface area contributed by atoms with E-state index in [4.69, 9.17) is 0 Å². The average molecular weight is 286 g/mol. The smallest absolute Gasteiger partial charge is 0.227 e. The molecule has 0 saturated carbocycles. The summed E-state index contributed by atoms with van der Waals surface area (Å²) in [6.45, 7) is 4.58. The van der Waals surface area contributed by atoms with Crippen molar-refractivity contribution in [3.63, 3.8) is 0 Å². The highest BCUT2D eigenvalue weighted by Crippen LogP contribution is 2.33. The number of aromatic nitrogens is 1. The summed E-state index contributed by atoms with van der Waals surface area (Å²) in [4.78, 5) is 17.9. The molecular weight excluding hydrogens is 268 g/mol. The quantitative estimate of drug-likeness (QED) is 0.942. The summed E-state index contributed by atoms with van der Waals surface area (Å²) < 4.78 is 0. The van der Waals surface area contributed by atoms with Crippen LogP contribution in [0.15, 0.2) is 24.3 Å². The summed E-state index contributed by atoms with van der Waals surface area (Å²) in [6.07, 6.45) is 1.93. The zero-order valence-corrected chi connectivity index (χ0v) is 12.6. The van der Waals surface area contributed by atoms with E-state index in [0.29, 0.717) is 6.54 Å². The first-order valence-corrected chi connectivity index (χ1v) is 7.75. The highest BCUT2D eigenvalue weighted by atomic mass is 32.1. The summed E-state index contributed by atoms with van der Waals surface area (Å²) >= 11 is 1.66. The second-order valence-electron chi connectivity index (χ2n) is 5.25. The molecule has 0 spiro atoms. The Morgan fingerprint density at radius 1 is 1.40 bits per heavy atom. The lowest BCUT2D eigenvalue weighted by molar-refractivity contribution is -0.122. The summed E-state index contributed by atoms with van der Waals surface area (Å²) in [6, 6.07) is 8.26. The van der Waals surface area contributed by atoms with Crippen molar-refractivity contribution in [3.05, 3.63) is 51.0 Å². The van der Waals surface area contributed by atoms with Crippen molar-refractivity contribution in [2.24, 2.45) is 0 Å². The zero-order valence-electron chi connectivity index (χ0n) is 11.8. The van der Waals surface area contributed by atoms with E-state index in [2.05, 4.69) is 22.4 Å². The predicted molar refractivity (Wildman–Crippen MR) is 80.9 cm³/mol. The highest BCUT2D eigenvalue weighted by molar-refractivity contribution is 7.11. The number of carbonyl (C=O) groups excluding carboxylic acids is 1. The van der Waals surface area contributed by atoms with Crippen molar-refractivity contribution >= 4 is 17.2 Å². The lowest BCUT2D eigenvalue weighted by Crippen LogP contribution is -2.27. The molecule has 1 aliphatic carbocycles. The molecule has 0 bridgehead atoms. The molecular formula is C16H18N2OS. The first kappa shape index (κ1) is 13.3. The van der Waals surface area contributed by atoms with E-state index in [9.17, 15) is 4.79 Å². The summed E-state index contributed by atoms with van der Waals surface area (Å²) in [5, 5.41) is 4.12. The van der Waals surface area contributed by atoms with Gasteiger partial charge in [0.25, 0.3) is 0 Å². The van der Waals surface area contributed by atoms with E-state index < -0.39 is 0 Å². The number of nitrogens with one attached hydrogen (secondary N) is 1. The van der Waals surface area contributed by atoms with E-state index in [0.717, 1.165) is 28.4 Å². The molecule has 4 heteroatoms. The molecule has 0 fully saturated rings. The fourth-order valence-corrected chi connectivity index (χ4v) is 3.73. The number of benzene rings is 1. The van der Waals surface area contributed by atoms with Crippen LogP contribution in [0.5, 0.6) is 0 Å². The van der Waals surface area contributed by atoms with E-state index >= 15 is 0 Å². The topological polar surface area (TPSA) is 42.0 Å². The molecule has 1 N–H and O–H groups in total. The van der Waals surface area contributed by atoms with Gasteiger partial charge in [-0.25, -0.2) is 4.98 Å². The number of hydrogen-bond donors (Lipinski definition) is 1. The number of rotatable bonds is 3. The second kappa shape index (κ2) is 5.37. The lowest BCUT2D eigenvalue weighted by atomic mass is 10.0. The molecule has 104 valence electrons. The number of nitrogens with zero attached hydrogens (tertiary/aromatic N) is 1. The first-order chi connectivity index (χ1) is 9.65. The van der Waals surface area contributed by atoms with Crippen LogP contribution in [0.4, 0.5) is 0 Å². The molecule has 2 aromatic rings. The maximum atomic E-state index is 12.4. The Kier molecular flexibility index (Phi) is 3.57. The predicted octanol–water partition coefficient (Wildman–Crippen LogP) is 3.11. The molecule has 1 heterocycles. The van der Waals surface area contributed by atoms with E-state index in [1.807, 2.05) is 26.0 Å². The summed E-state index contributed by atoms with van der Waals surface area (Å²) in [5.74, 6) is 0.154. The molecule has 0 unspecified atom stereocenters. The Balaban J connectivity index is 1.68. The van der Waals surface area contributed by atoms with Gasteiger partial charge in [0.2, 0.25) is 5.91 Å². The van der Waals surface area contributed by atoms with Gasteiger partial charge >= 0.3 is 0 Å². The molecule has 1 atom stereocenters. The minimum atomic E-state index is 0.0144. The second-order valence-corrected chi connectivity index (χ2v) is 6.54. The summed E-state index contributed by atoms with van der Waals surface area (Å²) in [5.41, 5.74) is 3.54. The molecule has 0 aliphatic heterocycles. The lowest BCUT2D eigenvalue weighted by Gasteiger charge is -2.11. The van der Waals surface area contributed by atoms with Crippen molar-refractivity contribution in [1.29, 1.82) is 0 Å². The molecule has 1 aromatic heterocycles. The molecule has 0 saturated heterocycles. The molecule has 1 aromatic carbocycles. The number of aryl methyl sites for hydroxylation is 3. The van der Waals surface area contributed by atoms with Gasteiger partial charge in [-0.05, 0) is 37.8 Å². The minimum absolute atomic E-state index is 0.0144. The Hall–Kier alpha value is -1.68. The van der Waals surface area contributed by atoms with Crippen molar-refractivity contribution in [3.8, 4) is 0 Å². The molecule has 3 rings (SSSR count). The van der Waals surface area contributed by atoms with Crippen molar-refractivity contribution in [2.75, 3.05) is 0 Å². The third kappa shape index (κ3) is 2.48. The van der Waals surface area contributed by atoms with Crippen LogP contribution in [0.1, 0.15) is 39.0 Å². The van der Waals surface area contributed by atoms with E-state index in [-0.39, 0.29) is 11.8 Å². The molecule has 1 aliphatic rings. The Morgan fingerprint density at radius 3 is 2.95 bits per heavy atom. The molecule has 1 amide bonds. The van der Waals surface area contributed by atoms with Crippen molar-refractivity contribution < 1.29 is 4.79 Å². The molecule has 0 radical (unpaired) electrons. The number of fused-ring (bicyclic) bond motifs is 1. The van der Waals surface area contributed by atoms with Crippen LogP contribution in [0.2, 0.25) is 0 Å². The van der Waals surface area contributed by atoms with Crippen molar-refractivity contribution in [1.82, 2.24) is 10.3 Å². The van der Waals surface area contributed by atoms with Crippen molar-refractivity contribution in [2.45, 2.75) is 39.2 Å². The average Bonchev–Trinajstić information content (AvgIpc) is 2.99. The number of carbonyl (C=O) groups is 1. The van der Waals surface area contributed by atoms with Gasteiger partial charge in [-0.2, -0.15) is 0 Å². The monoisotopic (exact) mass is 286 g/mol. The maximum Gasteiger partial charge on any atom is 0.227 e. The van der Waals surface area contributed by atoms with Crippen LogP contribution in [0, 0.1) is 13.8 Å². The number of thiazole rings is 1. The standard InChI is InChI=1S/C16H18N2OS/c1-10-15(20-11(2)18-10)9-17-16(19)14-8-7-12-5-3-4-6-13(12)14/h3-6,14H,7-9H2,1-2H3,(H,17,19)/t14-/m1/s1. The fourth-order valence-electron chi connectivity index (χ4n) is 2.86. The van der Waals surface area contributed by atoms with Gasteiger partial charge in [0.1, 0.15) is 0 Å². The van der Waals surface area contributed by atoms with Crippen LogP contribution in [-0.4, -0.2) is 10.9 Å². The SMILES string of the molecule is Cc1nc(C)c(CNC(=O)[C@@H]2CCc3ccccc32)s1. The largest absolute Gasteiger partial charge is 0.351 e. The van der Waals surface area contributed by atoms with E-state index in [1.165, 1.54) is 11.1 Å². The van der Waals surface area contributed by atoms with E-state index in [1.54, 1.807) is 11.3 Å². The van der Waals surface area contributed by atoms with Gasteiger partial charge in [0, 0.05) is 4.88 Å². The number of hydrogen-bond acceptors (Lipinski definition) is 3. The summed E-state index contributed by atoms with van der Waals surface area (Å²) in [7, 11) is 0. The van der Waals surface area contributed by atoms with Crippen LogP contribution in [0.3, 0.4) is 0 Å². The third-order valence-corrected chi connectivity index (χ3v) is 4.94. The Bertz CT molecular complexity index is 648. The molecule has 3 nitrogen and oxygen atoms in total. The zero-order chi connectivity index (χ0) is 14.1. The van der Waals surface area contributed by atoms with Gasteiger partial charge in [0.15, 0.2) is 0 Å². The van der Waals surface area contributed by atoms with Gasteiger partial charge in [-0.3, -0.25) is 4.79 Å². The van der Waals surface area contributed by atoms with Crippen LogP contribution in [-0.2, 0) is 17.8 Å².